The van der Waals surface area contributed by atoms with Gasteiger partial charge < -0.3 is 0 Å². The lowest BCUT2D eigenvalue weighted by molar-refractivity contribution is 0.968. The third-order valence-electron chi connectivity index (χ3n) is 3.00. The first-order chi connectivity index (χ1) is 10.0. The van der Waals surface area contributed by atoms with Crippen molar-refractivity contribution in [3.63, 3.8) is 0 Å². The molecule has 1 aromatic carbocycles. The van der Waals surface area contributed by atoms with Gasteiger partial charge in [0.05, 0.1) is 17.5 Å². The highest BCUT2D eigenvalue weighted by Crippen LogP contribution is 2.23. The summed E-state index contributed by atoms with van der Waals surface area (Å²) in [4.78, 5) is 8.25. The second-order valence-corrected chi connectivity index (χ2v) is 5.81. The summed E-state index contributed by atoms with van der Waals surface area (Å²) in [5.74, 6) is 0. The van der Waals surface area contributed by atoms with E-state index in [-0.39, 0.29) is 10.3 Å². The quantitative estimate of drug-likeness (QED) is 0.291. The van der Waals surface area contributed by atoms with Crippen molar-refractivity contribution >= 4 is 46.9 Å². The van der Waals surface area contributed by atoms with Gasteiger partial charge in [0.25, 0.3) is 0 Å². The predicted octanol–water partition coefficient (Wildman–Crippen LogP) is 4.57. The second kappa shape index (κ2) is 7.11. The van der Waals surface area contributed by atoms with E-state index in [4.69, 9.17) is 23.2 Å². The summed E-state index contributed by atoms with van der Waals surface area (Å²) in [6.07, 6.45) is 3.38. The van der Waals surface area contributed by atoms with E-state index in [9.17, 15) is 0 Å². The molecule has 0 fully saturated rings. The molecule has 1 N–H and O–H groups in total. The molecule has 0 unspecified atom stereocenters. The Morgan fingerprint density at radius 3 is 2.48 bits per heavy atom. The van der Waals surface area contributed by atoms with Gasteiger partial charge in [0.2, 0.25) is 0 Å². The van der Waals surface area contributed by atoms with Crippen LogP contribution in [0.15, 0.2) is 28.5 Å². The predicted molar refractivity (Wildman–Crippen MR) is 91.0 cm³/mol. The lowest BCUT2D eigenvalue weighted by Crippen LogP contribution is -1.98. The average molecular weight is 341 g/mol. The number of hydrazone groups is 1. The molecule has 21 heavy (non-hydrogen) atoms. The van der Waals surface area contributed by atoms with Crippen LogP contribution in [0.2, 0.25) is 10.3 Å². The Morgan fingerprint density at radius 2 is 1.86 bits per heavy atom. The van der Waals surface area contributed by atoms with Crippen molar-refractivity contribution in [1.82, 2.24) is 9.97 Å². The molecule has 0 saturated carbocycles. The number of thioether (sulfide) groups is 1. The van der Waals surface area contributed by atoms with E-state index in [2.05, 4.69) is 20.5 Å². The maximum absolute atomic E-state index is 6.08. The van der Waals surface area contributed by atoms with Crippen molar-refractivity contribution in [3.8, 4) is 0 Å². The molecule has 0 aliphatic rings. The monoisotopic (exact) mass is 340 g/mol. The van der Waals surface area contributed by atoms with Gasteiger partial charge in [-0.05, 0) is 37.3 Å². The number of anilines is 1. The van der Waals surface area contributed by atoms with E-state index >= 15 is 0 Å². The molecule has 0 radical (unpaired) electrons. The van der Waals surface area contributed by atoms with E-state index in [1.807, 2.05) is 38.3 Å². The summed E-state index contributed by atoms with van der Waals surface area (Å²) in [7, 11) is 0. The summed E-state index contributed by atoms with van der Waals surface area (Å²) in [6.45, 7) is 4.08. The largest absolute Gasteiger partial charge is 0.278 e. The summed E-state index contributed by atoms with van der Waals surface area (Å²) < 4.78 is 0. The van der Waals surface area contributed by atoms with E-state index in [1.54, 1.807) is 0 Å². The minimum Gasteiger partial charge on any atom is -0.278 e. The Hall–Kier alpha value is -1.30. The Labute approximate surface area is 138 Å². The molecule has 7 heteroatoms. The van der Waals surface area contributed by atoms with Crippen LogP contribution in [0.4, 0.5) is 5.69 Å². The number of aryl methyl sites for hydroxylation is 1. The fourth-order valence-electron chi connectivity index (χ4n) is 1.63. The standard InChI is InChI=1S/C14H14Cl2N4S/c1-8-5-4-6-11(9(8)2)20-17-7-10-12(15)18-14(21-3)19-13(10)16/h4-7,20H,1-3H3/b17-7+. The van der Waals surface area contributed by atoms with Crippen molar-refractivity contribution in [2.75, 3.05) is 11.7 Å². The lowest BCUT2D eigenvalue weighted by atomic mass is 10.1. The molecule has 4 nitrogen and oxygen atoms in total. The van der Waals surface area contributed by atoms with E-state index < -0.39 is 0 Å². The van der Waals surface area contributed by atoms with Crippen LogP contribution >= 0.6 is 35.0 Å². The van der Waals surface area contributed by atoms with Gasteiger partial charge in [-0.1, -0.05) is 47.1 Å². The second-order valence-electron chi connectivity index (χ2n) is 4.32. The summed E-state index contributed by atoms with van der Waals surface area (Å²) in [5, 5.41) is 5.26. The van der Waals surface area contributed by atoms with E-state index in [0.29, 0.717) is 10.7 Å². The first-order valence-electron chi connectivity index (χ1n) is 6.15. The van der Waals surface area contributed by atoms with Crippen LogP contribution in [-0.2, 0) is 0 Å². The summed E-state index contributed by atoms with van der Waals surface area (Å²) in [6, 6.07) is 5.97. The molecule has 1 heterocycles. The highest BCUT2D eigenvalue weighted by Gasteiger charge is 2.09. The Morgan fingerprint density at radius 1 is 1.19 bits per heavy atom. The molecule has 110 valence electrons. The minimum absolute atomic E-state index is 0.283. The SMILES string of the molecule is CSc1nc(Cl)c(/C=N/Nc2cccc(C)c2C)c(Cl)n1. The van der Waals surface area contributed by atoms with Gasteiger partial charge in [-0.15, -0.1) is 0 Å². The molecular weight excluding hydrogens is 327 g/mol. The molecule has 1 aromatic heterocycles. The molecule has 0 bridgehead atoms. The molecule has 0 aliphatic carbocycles. The van der Waals surface area contributed by atoms with Crippen LogP contribution in [0.3, 0.4) is 0 Å². The molecule has 2 rings (SSSR count). The average Bonchev–Trinajstić information content (AvgIpc) is 2.45. The number of hydrogen-bond acceptors (Lipinski definition) is 5. The van der Waals surface area contributed by atoms with Crippen molar-refractivity contribution < 1.29 is 0 Å². The highest BCUT2D eigenvalue weighted by atomic mass is 35.5. The molecule has 0 aliphatic heterocycles. The zero-order valence-corrected chi connectivity index (χ0v) is 14.1. The van der Waals surface area contributed by atoms with Crippen molar-refractivity contribution in [3.05, 3.63) is 45.2 Å². The number of benzene rings is 1. The highest BCUT2D eigenvalue weighted by molar-refractivity contribution is 7.98. The summed E-state index contributed by atoms with van der Waals surface area (Å²) >= 11 is 13.5. The molecular formula is C14H14Cl2N4S. The Balaban J connectivity index is 2.20. The fourth-order valence-corrected chi connectivity index (χ4v) is 2.59. The van der Waals surface area contributed by atoms with Gasteiger partial charge >= 0.3 is 0 Å². The Kier molecular flexibility index (Phi) is 5.45. The maximum atomic E-state index is 6.08. The fraction of sp³-hybridized carbons (Fsp3) is 0.214. The topological polar surface area (TPSA) is 50.2 Å². The van der Waals surface area contributed by atoms with Crippen molar-refractivity contribution in [2.24, 2.45) is 5.10 Å². The minimum atomic E-state index is 0.283. The Bertz CT molecular complexity index is 666. The number of hydrogen-bond donors (Lipinski definition) is 1. The van der Waals surface area contributed by atoms with Gasteiger partial charge in [0, 0.05) is 0 Å². The van der Waals surface area contributed by atoms with Gasteiger partial charge in [0.1, 0.15) is 10.3 Å². The molecule has 0 atom stereocenters. The van der Waals surface area contributed by atoms with Crippen LogP contribution < -0.4 is 5.43 Å². The van der Waals surface area contributed by atoms with Crippen LogP contribution in [0.5, 0.6) is 0 Å². The zero-order chi connectivity index (χ0) is 15.4. The number of nitrogens with one attached hydrogen (secondary N) is 1. The smallest absolute Gasteiger partial charge is 0.190 e. The molecule has 0 amide bonds. The van der Waals surface area contributed by atoms with Crippen LogP contribution in [0.1, 0.15) is 16.7 Å². The number of nitrogens with zero attached hydrogens (tertiary/aromatic N) is 3. The molecule has 0 saturated heterocycles. The first-order valence-corrected chi connectivity index (χ1v) is 8.13. The third-order valence-corrected chi connectivity index (χ3v) is 4.12. The summed E-state index contributed by atoms with van der Waals surface area (Å²) in [5.41, 5.74) is 6.73. The van der Waals surface area contributed by atoms with Crippen LogP contribution in [0.25, 0.3) is 0 Å². The maximum Gasteiger partial charge on any atom is 0.190 e. The molecule has 2 aromatic rings. The third kappa shape index (κ3) is 3.87. The number of halogens is 2. The van der Waals surface area contributed by atoms with E-state index in [0.717, 1.165) is 11.3 Å². The van der Waals surface area contributed by atoms with Gasteiger partial charge in [-0.2, -0.15) is 5.10 Å². The van der Waals surface area contributed by atoms with Crippen molar-refractivity contribution in [1.29, 1.82) is 0 Å². The lowest BCUT2D eigenvalue weighted by Gasteiger charge is -2.07. The van der Waals surface area contributed by atoms with Gasteiger partial charge in [-0.25, -0.2) is 9.97 Å². The number of rotatable bonds is 4. The normalized spacial score (nSPS) is 11.1. The van der Waals surface area contributed by atoms with Gasteiger partial charge in [0.15, 0.2) is 5.16 Å². The first kappa shape index (κ1) is 16.1. The molecule has 0 spiro atoms. The van der Waals surface area contributed by atoms with E-state index in [1.165, 1.54) is 23.5 Å². The zero-order valence-electron chi connectivity index (χ0n) is 11.8. The van der Waals surface area contributed by atoms with Crippen LogP contribution in [-0.4, -0.2) is 22.4 Å². The van der Waals surface area contributed by atoms with Crippen LogP contribution in [0, 0.1) is 13.8 Å². The van der Waals surface area contributed by atoms with Gasteiger partial charge in [-0.3, -0.25) is 5.43 Å². The van der Waals surface area contributed by atoms with Crippen molar-refractivity contribution in [2.45, 2.75) is 19.0 Å². The number of aromatic nitrogens is 2.